The molecule has 0 saturated carbocycles. The first kappa shape index (κ1) is 10.7. The Kier molecular flexibility index (Phi) is 2.95. The van der Waals surface area contributed by atoms with Gasteiger partial charge in [-0.05, 0) is 31.4 Å². The van der Waals surface area contributed by atoms with Gasteiger partial charge in [0.1, 0.15) is 0 Å². The van der Waals surface area contributed by atoms with E-state index >= 15 is 0 Å². The van der Waals surface area contributed by atoms with E-state index in [1.807, 2.05) is 19.1 Å². The smallest absolute Gasteiger partial charge is 0.253 e. The minimum Gasteiger partial charge on any atom is -0.398 e. The van der Waals surface area contributed by atoms with Gasteiger partial charge in [-0.1, -0.05) is 24.3 Å². The number of hydrogen-bond acceptors (Lipinski definition) is 2. The number of hydrogen-bond donors (Lipinski definition) is 2. The number of carbonyl (C=O) groups is 1. The summed E-state index contributed by atoms with van der Waals surface area (Å²) >= 11 is 0. The number of rotatable bonds is 2. The van der Waals surface area contributed by atoms with Gasteiger partial charge >= 0.3 is 0 Å². The Morgan fingerprint density at radius 2 is 2.06 bits per heavy atom. The molecule has 3 nitrogen and oxygen atoms in total. The zero-order valence-corrected chi connectivity index (χ0v) is 9.36. The SMILES string of the molecule is Cc1cccc(N)c1C(=O)NC1CC=CC1. The van der Waals surface area contributed by atoms with Gasteiger partial charge < -0.3 is 11.1 Å². The van der Waals surface area contributed by atoms with Crippen LogP contribution in [0.5, 0.6) is 0 Å². The van der Waals surface area contributed by atoms with Crippen LogP contribution in [0.4, 0.5) is 5.69 Å². The molecule has 84 valence electrons. The fourth-order valence-electron chi connectivity index (χ4n) is 1.99. The van der Waals surface area contributed by atoms with Gasteiger partial charge in [-0.25, -0.2) is 0 Å². The Morgan fingerprint density at radius 1 is 1.38 bits per heavy atom. The van der Waals surface area contributed by atoms with E-state index in [0.717, 1.165) is 18.4 Å². The van der Waals surface area contributed by atoms with Crippen molar-refractivity contribution in [2.75, 3.05) is 5.73 Å². The highest BCUT2D eigenvalue weighted by atomic mass is 16.1. The van der Waals surface area contributed by atoms with E-state index in [1.54, 1.807) is 6.07 Å². The van der Waals surface area contributed by atoms with Crippen LogP contribution in [0.25, 0.3) is 0 Å². The van der Waals surface area contributed by atoms with Crippen molar-refractivity contribution in [3.63, 3.8) is 0 Å². The molecule has 2 rings (SSSR count). The molecule has 0 atom stereocenters. The van der Waals surface area contributed by atoms with Crippen molar-refractivity contribution in [3.05, 3.63) is 41.5 Å². The Morgan fingerprint density at radius 3 is 2.69 bits per heavy atom. The molecular formula is C13H16N2O. The fourth-order valence-corrected chi connectivity index (χ4v) is 1.99. The predicted octanol–water partition coefficient (Wildman–Crippen LogP) is 2.03. The molecule has 0 saturated heterocycles. The van der Waals surface area contributed by atoms with Crippen LogP contribution in [0.2, 0.25) is 0 Å². The van der Waals surface area contributed by atoms with Gasteiger partial charge in [0.05, 0.1) is 5.56 Å². The molecule has 0 bridgehead atoms. The van der Waals surface area contributed by atoms with Crippen molar-refractivity contribution in [2.45, 2.75) is 25.8 Å². The van der Waals surface area contributed by atoms with Crippen LogP contribution in [0.15, 0.2) is 30.4 Å². The van der Waals surface area contributed by atoms with Gasteiger partial charge in [0.2, 0.25) is 0 Å². The molecule has 1 aliphatic carbocycles. The predicted molar refractivity (Wildman–Crippen MR) is 65.2 cm³/mol. The molecule has 1 aromatic carbocycles. The average Bonchev–Trinajstić information content (AvgIpc) is 2.70. The van der Waals surface area contributed by atoms with Crippen LogP contribution in [-0.2, 0) is 0 Å². The summed E-state index contributed by atoms with van der Waals surface area (Å²) < 4.78 is 0. The van der Waals surface area contributed by atoms with Gasteiger partial charge in [-0.3, -0.25) is 4.79 Å². The maximum absolute atomic E-state index is 12.0. The second-order valence-corrected chi connectivity index (χ2v) is 4.15. The zero-order chi connectivity index (χ0) is 11.5. The number of nitrogens with two attached hydrogens (primary N) is 1. The van der Waals surface area contributed by atoms with E-state index in [1.165, 1.54) is 0 Å². The summed E-state index contributed by atoms with van der Waals surface area (Å²) in [5.41, 5.74) is 7.89. The van der Waals surface area contributed by atoms with Crippen LogP contribution >= 0.6 is 0 Å². The van der Waals surface area contributed by atoms with Crippen molar-refractivity contribution >= 4 is 11.6 Å². The lowest BCUT2D eigenvalue weighted by Crippen LogP contribution is -2.33. The molecule has 1 aliphatic rings. The summed E-state index contributed by atoms with van der Waals surface area (Å²) in [5.74, 6) is -0.0655. The Hall–Kier alpha value is -1.77. The third-order valence-electron chi connectivity index (χ3n) is 2.88. The Bertz CT molecular complexity index is 409. The summed E-state index contributed by atoms with van der Waals surface area (Å²) in [5, 5.41) is 3.00. The lowest BCUT2D eigenvalue weighted by molar-refractivity contribution is 0.0939. The van der Waals surface area contributed by atoms with Crippen molar-refractivity contribution in [3.8, 4) is 0 Å². The number of carbonyl (C=O) groups excluding carboxylic acids is 1. The molecule has 0 spiro atoms. The van der Waals surface area contributed by atoms with Gasteiger partial charge in [0.15, 0.2) is 0 Å². The van der Waals surface area contributed by atoms with Crippen LogP contribution in [-0.4, -0.2) is 11.9 Å². The molecule has 0 fully saturated rings. The first-order valence-electron chi connectivity index (χ1n) is 5.49. The molecule has 0 heterocycles. The van der Waals surface area contributed by atoms with Crippen molar-refractivity contribution in [1.29, 1.82) is 0 Å². The molecule has 3 N–H and O–H groups in total. The van der Waals surface area contributed by atoms with E-state index in [0.29, 0.717) is 11.3 Å². The first-order valence-corrected chi connectivity index (χ1v) is 5.49. The molecule has 16 heavy (non-hydrogen) atoms. The monoisotopic (exact) mass is 216 g/mol. The normalized spacial score (nSPS) is 15.3. The summed E-state index contributed by atoms with van der Waals surface area (Å²) in [4.78, 5) is 12.0. The number of nitrogen functional groups attached to an aromatic ring is 1. The van der Waals surface area contributed by atoms with E-state index in [9.17, 15) is 4.79 Å². The van der Waals surface area contributed by atoms with Crippen molar-refractivity contribution in [1.82, 2.24) is 5.32 Å². The number of amides is 1. The summed E-state index contributed by atoms with van der Waals surface area (Å²) in [6.45, 7) is 1.90. The second kappa shape index (κ2) is 4.39. The Labute approximate surface area is 95.3 Å². The van der Waals surface area contributed by atoms with Crippen molar-refractivity contribution in [2.24, 2.45) is 0 Å². The van der Waals surface area contributed by atoms with E-state index in [4.69, 9.17) is 5.73 Å². The van der Waals surface area contributed by atoms with Crippen LogP contribution in [0.1, 0.15) is 28.8 Å². The van der Waals surface area contributed by atoms with Crippen LogP contribution in [0.3, 0.4) is 0 Å². The molecule has 0 aromatic heterocycles. The van der Waals surface area contributed by atoms with Gasteiger partial charge in [-0.15, -0.1) is 0 Å². The maximum Gasteiger partial charge on any atom is 0.253 e. The van der Waals surface area contributed by atoms with E-state index < -0.39 is 0 Å². The minimum absolute atomic E-state index is 0.0655. The summed E-state index contributed by atoms with van der Waals surface area (Å²) in [7, 11) is 0. The summed E-state index contributed by atoms with van der Waals surface area (Å²) in [6, 6.07) is 5.75. The number of anilines is 1. The van der Waals surface area contributed by atoms with Crippen molar-refractivity contribution < 1.29 is 4.79 Å². The number of nitrogens with one attached hydrogen (secondary N) is 1. The number of benzene rings is 1. The first-order chi connectivity index (χ1) is 7.68. The molecule has 1 aromatic rings. The highest BCUT2D eigenvalue weighted by molar-refractivity contribution is 6.00. The van der Waals surface area contributed by atoms with E-state index in [-0.39, 0.29) is 11.9 Å². The fraction of sp³-hybridized carbons (Fsp3) is 0.308. The topological polar surface area (TPSA) is 55.1 Å². The maximum atomic E-state index is 12.0. The molecule has 0 radical (unpaired) electrons. The van der Waals surface area contributed by atoms with Crippen LogP contribution < -0.4 is 11.1 Å². The zero-order valence-electron chi connectivity index (χ0n) is 9.36. The van der Waals surface area contributed by atoms with E-state index in [2.05, 4.69) is 17.5 Å². The molecule has 0 aliphatic heterocycles. The largest absolute Gasteiger partial charge is 0.398 e. The molecular weight excluding hydrogens is 200 g/mol. The second-order valence-electron chi connectivity index (χ2n) is 4.15. The molecule has 3 heteroatoms. The van der Waals surface area contributed by atoms with Gasteiger partial charge in [0.25, 0.3) is 5.91 Å². The number of aryl methyl sites for hydroxylation is 1. The molecule has 0 unspecified atom stereocenters. The minimum atomic E-state index is -0.0655. The van der Waals surface area contributed by atoms with Crippen LogP contribution in [0, 0.1) is 6.92 Å². The van der Waals surface area contributed by atoms with Gasteiger partial charge in [0, 0.05) is 11.7 Å². The standard InChI is InChI=1S/C13H16N2O/c1-9-5-4-8-11(14)12(9)13(16)15-10-6-2-3-7-10/h2-5,8,10H,6-7,14H2,1H3,(H,15,16). The Balaban J connectivity index is 2.14. The quantitative estimate of drug-likeness (QED) is 0.587. The third kappa shape index (κ3) is 2.08. The highest BCUT2D eigenvalue weighted by Gasteiger charge is 2.17. The molecule has 1 amide bonds. The summed E-state index contributed by atoms with van der Waals surface area (Å²) in [6.07, 6.45) is 6.01. The lowest BCUT2D eigenvalue weighted by atomic mass is 10.1. The lowest BCUT2D eigenvalue weighted by Gasteiger charge is -2.14. The average molecular weight is 216 g/mol. The highest BCUT2D eigenvalue weighted by Crippen LogP contribution is 2.17. The van der Waals surface area contributed by atoms with Gasteiger partial charge in [-0.2, -0.15) is 0 Å². The third-order valence-corrected chi connectivity index (χ3v) is 2.88.